The van der Waals surface area contributed by atoms with Crippen LogP contribution in [-0.4, -0.2) is 23.8 Å². The van der Waals surface area contributed by atoms with Crippen molar-refractivity contribution in [2.24, 2.45) is 0 Å². The minimum absolute atomic E-state index is 0.113. The third-order valence-corrected chi connectivity index (χ3v) is 4.03. The average molecular weight is 247 g/mol. The van der Waals surface area contributed by atoms with Gasteiger partial charge in [0.2, 0.25) is 0 Å². The first-order valence-electron chi connectivity index (χ1n) is 6.74. The van der Waals surface area contributed by atoms with Crippen molar-refractivity contribution >= 4 is 0 Å². The Morgan fingerprint density at radius 3 is 2.67 bits per heavy atom. The van der Waals surface area contributed by atoms with Crippen LogP contribution in [0.5, 0.6) is 5.75 Å². The van der Waals surface area contributed by atoms with Gasteiger partial charge in [0.05, 0.1) is 5.60 Å². The number of nitrogens with one attached hydrogen (secondary N) is 1. The van der Waals surface area contributed by atoms with Crippen LogP contribution in [0, 0.1) is 0 Å². The van der Waals surface area contributed by atoms with E-state index in [0.29, 0.717) is 0 Å². The van der Waals surface area contributed by atoms with Gasteiger partial charge in [-0.15, -0.1) is 0 Å². The van der Waals surface area contributed by atoms with E-state index in [1.165, 1.54) is 5.56 Å². The van der Waals surface area contributed by atoms with Crippen LogP contribution in [0.15, 0.2) is 18.2 Å². The molecule has 3 rings (SSSR count). The summed E-state index contributed by atoms with van der Waals surface area (Å²) in [6, 6.07) is 6.17. The zero-order chi connectivity index (χ0) is 12.8. The van der Waals surface area contributed by atoms with Gasteiger partial charge in [-0.05, 0) is 63.0 Å². The van der Waals surface area contributed by atoms with Crippen molar-refractivity contribution in [3.8, 4) is 5.75 Å². The second-order valence-corrected chi connectivity index (χ2v) is 6.14. The summed E-state index contributed by atoms with van der Waals surface area (Å²) in [6.45, 7) is 5.98. The molecule has 2 N–H and O–H groups in total. The van der Waals surface area contributed by atoms with Gasteiger partial charge < -0.3 is 15.2 Å². The van der Waals surface area contributed by atoms with Crippen molar-refractivity contribution in [1.29, 1.82) is 0 Å². The highest BCUT2D eigenvalue weighted by molar-refractivity contribution is 5.43. The monoisotopic (exact) mass is 247 g/mol. The molecule has 3 nitrogen and oxygen atoms in total. The van der Waals surface area contributed by atoms with Crippen molar-refractivity contribution < 1.29 is 9.84 Å². The summed E-state index contributed by atoms with van der Waals surface area (Å²) in [4.78, 5) is 0. The number of piperidine rings is 1. The van der Waals surface area contributed by atoms with Crippen molar-refractivity contribution in [2.45, 2.75) is 44.3 Å². The van der Waals surface area contributed by atoms with E-state index in [1.807, 2.05) is 12.1 Å². The van der Waals surface area contributed by atoms with Crippen molar-refractivity contribution in [1.82, 2.24) is 5.32 Å². The van der Waals surface area contributed by atoms with Gasteiger partial charge in [0.15, 0.2) is 0 Å². The highest BCUT2D eigenvalue weighted by Crippen LogP contribution is 2.39. The van der Waals surface area contributed by atoms with Gasteiger partial charge in [0, 0.05) is 6.42 Å². The molecule has 2 aliphatic rings. The van der Waals surface area contributed by atoms with Crippen molar-refractivity contribution in [2.75, 3.05) is 13.1 Å². The average Bonchev–Trinajstić information content (AvgIpc) is 2.62. The predicted molar refractivity (Wildman–Crippen MR) is 70.9 cm³/mol. The highest BCUT2D eigenvalue weighted by Gasteiger charge is 2.35. The number of ether oxygens (including phenoxy) is 1. The van der Waals surface area contributed by atoms with Gasteiger partial charge in [-0.2, -0.15) is 0 Å². The molecule has 1 saturated heterocycles. The Bertz CT molecular complexity index is 462. The minimum atomic E-state index is -0.660. The first-order chi connectivity index (χ1) is 8.49. The molecule has 1 fully saturated rings. The summed E-state index contributed by atoms with van der Waals surface area (Å²) in [5.74, 6) is 0.973. The lowest BCUT2D eigenvalue weighted by Crippen LogP contribution is -2.39. The second-order valence-electron chi connectivity index (χ2n) is 6.14. The number of hydrogen-bond donors (Lipinski definition) is 2. The van der Waals surface area contributed by atoms with Gasteiger partial charge in [-0.1, -0.05) is 6.07 Å². The Hall–Kier alpha value is -1.06. The smallest absolute Gasteiger partial charge is 0.123 e. The van der Waals surface area contributed by atoms with Crippen molar-refractivity contribution in [3.63, 3.8) is 0 Å². The lowest BCUT2D eigenvalue weighted by molar-refractivity contribution is 0.00588. The molecular formula is C15H21NO2. The number of fused-ring (bicyclic) bond motifs is 1. The fourth-order valence-corrected chi connectivity index (χ4v) is 3.03. The Balaban J connectivity index is 1.92. The minimum Gasteiger partial charge on any atom is -0.487 e. The molecule has 0 radical (unpaired) electrons. The largest absolute Gasteiger partial charge is 0.487 e. The fraction of sp³-hybridized carbons (Fsp3) is 0.600. The van der Waals surface area contributed by atoms with Crippen LogP contribution >= 0.6 is 0 Å². The van der Waals surface area contributed by atoms with Gasteiger partial charge >= 0.3 is 0 Å². The highest BCUT2D eigenvalue weighted by atomic mass is 16.5. The Morgan fingerprint density at radius 2 is 1.94 bits per heavy atom. The normalized spacial score (nSPS) is 24.4. The standard InChI is InChI=1S/C15H21NO2/c1-14(2)10-11-9-12(3-4-13(11)18-14)15(17)5-7-16-8-6-15/h3-4,9,16-17H,5-8,10H2,1-2H3. The molecule has 0 spiro atoms. The van der Waals surface area contributed by atoms with Gasteiger partial charge in [-0.3, -0.25) is 0 Å². The molecule has 98 valence electrons. The van der Waals surface area contributed by atoms with E-state index < -0.39 is 5.60 Å². The number of hydrogen-bond acceptors (Lipinski definition) is 3. The molecule has 1 aromatic carbocycles. The molecule has 0 aromatic heterocycles. The summed E-state index contributed by atoms with van der Waals surface area (Å²) in [5, 5.41) is 14.0. The Labute approximate surface area is 108 Å². The molecule has 0 unspecified atom stereocenters. The number of rotatable bonds is 1. The second kappa shape index (κ2) is 3.97. The van der Waals surface area contributed by atoms with Crippen LogP contribution in [0.2, 0.25) is 0 Å². The summed E-state index contributed by atoms with van der Waals surface area (Å²) in [6.07, 6.45) is 2.50. The van der Waals surface area contributed by atoms with Crippen LogP contribution in [0.3, 0.4) is 0 Å². The molecule has 2 heterocycles. The van der Waals surface area contributed by atoms with Crippen LogP contribution in [0.25, 0.3) is 0 Å². The van der Waals surface area contributed by atoms with Crippen LogP contribution in [-0.2, 0) is 12.0 Å². The molecule has 0 saturated carbocycles. The Morgan fingerprint density at radius 1 is 1.22 bits per heavy atom. The van der Waals surface area contributed by atoms with Gasteiger partial charge in [0.1, 0.15) is 11.4 Å². The summed E-state index contributed by atoms with van der Waals surface area (Å²) in [7, 11) is 0. The maximum atomic E-state index is 10.7. The van der Waals surface area contributed by atoms with E-state index in [2.05, 4.69) is 25.2 Å². The lowest BCUT2D eigenvalue weighted by atomic mass is 9.84. The topological polar surface area (TPSA) is 41.5 Å². The zero-order valence-corrected chi connectivity index (χ0v) is 11.1. The molecule has 2 aliphatic heterocycles. The predicted octanol–water partition coefficient (Wildman–Crippen LogP) is 1.97. The number of benzene rings is 1. The third-order valence-electron chi connectivity index (χ3n) is 4.03. The maximum absolute atomic E-state index is 10.7. The van der Waals surface area contributed by atoms with Crippen LogP contribution in [0.4, 0.5) is 0 Å². The van der Waals surface area contributed by atoms with E-state index in [9.17, 15) is 5.11 Å². The molecule has 0 atom stereocenters. The summed E-state index contributed by atoms with van der Waals surface area (Å²) in [5.41, 5.74) is 1.50. The fourth-order valence-electron chi connectivity index (χ4n) is 3.03. The SMILES string of the molecule is CC1(C)Cc2cc(C3(O)CCNCC3)ccc2O1. The number of aliphatic hydroxyl groups is 1. The van der Waals surface area contributed by atoms with E-state index in [-0.39, 0.29) is 5.60 Å². The lowest BCUT2D eigenvalue weighted by Gasteiger charge is -2.33. The third kappa shape index (κ3) is 2.02. The van der Waals surface area contributed by atoms with Crippen molar-refractivity contribution in [3.05, 3.63) is 29.3 Å². The first-order valence-corrected chi connectivity index (χ1v) is 6.74. The summed E-state index contributed by atoms with van der Waals surface area (Å²) < 4.78 is 5.88. The maximum Gasteiger partial charge on any atom is 0.123 e. The van der Waals surface area contributed by atoms with Crippen LogP contribution in [0.1, 0.15) is 37.8 Å². The van der Waals surface area contributed by atoms with E-state index in [1.54, 1.807) is 0 Å². The zero-order valence-electron chi connectivity index (χ0n) is 11.1. The molecule has 0 bridgehead atoms. The molecule has 3 heteroatoms. The first kappa shape index (κ1) is 12.0. The molecule has 18 heavy (non-hydrogen) atoms. The van der Waals surface area contributed by atoms with E-state index in [4.69, 9.17) is 4.74 Å². The Kier molecular flexibility index (Phi) is 2.65. The van der Waals surface area contributed by atoms with E-state index >= 15 is 0 Å². The van der Waals surface area contributed by atoms with Gasteiger partial charge in [-0.25, -0.2) is 0 Å². The molecule has 1 aromatic rings. The van der Waals surface area contributed by atoms with Gasteiger partial charge in [0.25, 0.3) is 0 Å². The molecular weight excluding hydrogens is 226 g/mol. The van der Waals surface area contributed by atoms with E-state index in [0.717, 1.165) is 43.7 Å². The van der Waals surface area contributed by atoms with Crippen LogP contribution < -0.4 is 10.1 Å². The molecule has 0 amide bonds. The quantitative estimate of drug-likeness (QED) is 0.797. The summed E-state index contributed by atoms with van der Waals surface area (Å²) >= 11 is 0. The molecule has 0 aliphatic carbocycles.